The number of rotatable bonds is 5. The van der Waals surface area contributed by atoms with E-state index in [-0.39, 0.29) is 34.8 Å². The summed E-state index contributed by atoms with van der Waals surface area (Å²) in [6, 6.07) is 3.35. The van der Waals surface area contributed by atoms with E-state index < -0.39 is 65.1 Å². The summed E-state index contributed by atoms with van der Waals surface area (Å²) in [5.41, 5.74) is -2.07. The molecular formula is C23H16ClF5N4O4. The first-order valence-corrected chi connectivity index (χ1v) is 11.0. The number of alkyl halides is 3. The maximum atomic E-state index is 14.0. The Morgan fingerprint density at radius 1 is 1.19 bits per heavy atom. The molecule has 1 aliphatic rings. The quantitative estimate of drug-likeness (QED) is 0.366. The number of amides is 2. The first kappa shape index (κ1) is 26.1. The van der Waals surface area contributed by atoms with E-state index in [9.17, 15) is 36.3 Å². The fraction of sp³-hybridized carbons (Fsp3) is 0.217. The van der Waals surface area contributed by atoms with Crippen LogP contribution < -0.4 is 10.6 Å². The molecule has 0 saturated heterocycles. The third kappa shape index (κ3) is 5.26. The maximum absolute atomic E-state index is 14.0. The number of ether oxygens (including phenoxy) is 1. The van der Waals surface area contributed by atoms with Crippen LogP contribution in [0.2, 0.25) is 5.02 Å². The van der Waals surface area contributed by atoms with Crippen LogP contribution in [0, 0.1) is 11.6 Å². The number of imidazole rings is 1. The van der Waals surface area contributed by atoms with Gasteiger partial charge in [0.05, 0.1) is 23.9 Å². The van der Waals surface area contributed by atoms with Crippen LogP contribution in [0.25, 0.3) is 0 Å². The topological polar surface area (TPSA) is 102 Å². The van der Waals surface area contributed by atoms with E-state index >= 15 is 0 Å². The van der Waals surface area contributed by atoms with Gasteiger partial charge in [-0.05, 0) is 43.3 Å². The zero-order valence-electron chi connectivity index (χ0n) is 18.8. The average Bonchev–Trinajstić information content (AvgIpc) is 3.17. The highest BCUT2D eigenvalue weighted by Gasteiger charge is 2.37. The van der Waals surface area contributed by atoms with Gasteiger partial charge in [0.2, 0.25) is 11.7 Å². The first-order chi connectivity index (χ1) is 17.4. The molecule has 1 atom stereocenters. The molecule has 2 N–H and O–H groups in total. The van der Waals surface area contributed by atoms with Crippen LogP contribution in [0.4, 0.5) is 27.8 Å². The molecule has 1 aromatic heterocycles. The van der Waals surface area contributed by atoms with Crippen LogP contribution in [0.1, 0.15) is 50.8 Å². The molecule has 0 bridgehead atoms. The van der Waals surface area contributed by atoms with E-state index in [1.54, 1.807) is 0 Å². The van der Waals surface area contributed by atoms with Crippen molar-refractivity contribution in [3.8, 4) is 0 Å². The third-order valence-corrected chi connectivity index (χ3v) is 5.68. The van der Waals surface area contributed by atoms with E-state index in [2.05, 4.69) is 15.6 Å². The normalized spacial score (nSPS) is 15.1. The molecule has 0 saturated carbocycles. The maximum Gasteiger partial charge on any atom is 0.416 e. The highest BCUT2D eigenvalue weighted by molar-refractivity contribution is 6.31. The summed E-state index contributed by atoms with van der Waals surface area (Å²) in [7, 11) is 0. The summed E-state index contributed by atoms with van der Waals surface area (Å²) in [6.07, 6.45) is -4.93. The molecule has 0 aliphatic carbocycles. The van der Waals surface area contributed by atoms with E-state index in [1.807, 2.05) is 0 Å². The number of nitrogens with zero attached hydrogens (tertiary/aromatic N) is 2. The summed E-state index contributed by atoms with van der Waals surface area (Å²) in [4.78, 5) is 41.9. The number of esters is 1. The van der Waals surface area contributed by atoms with Crippen molar-refractivity contribution in [3.63, 3.8) is 0 Å². The van der Waals surface area contributed by atoms with Crippen LogP contribution in [-0.2, 0) is 22.3 Å². The summed E-state index contributed by atoms with van der Waals surface area (Å²) >= 11 is 6.22. The fourth-order valence-corrected chi connectivity index (χ4v) is 4.03. The lowest BCUT2D eigenvalue weighted by molar-refractivity contribution is -0.137. The minimum atomic E-state index is -4.93. The van der Waals surface area contributed by atoms with Crippen molar-refractivity contribution >= 4 is 35.2 Å². The largest absolute Gasteiger partial charge is 0.460 e. The molecule has 1 aliphatic heterocycles. The van der Waals surface area contributed by atoms with E-state index in [0.29, 0.717) is 12.1 Å². The molecular weight excluding hydrogens is 527 g/mol. The number of aromatic nitrogens is 2. The predicted molar refractivity (Wildman–Crippen MR) is 119 cm³/mol. The molecule has 2 amide bonds. The van der Waals surface area contributed by atoms with Crippen molar-refractivity contribution in [2.24, 2.45) is 0 Å². The predicted octanol–water partition coefficient (Wildman–Crippen LogP) is 4.48. The number of carbonyl (C=O) groups excluding carboxylic acids is 3. The lowest BCUT2D eigenvalue weighted by atomic mass is 10.0. The molecule has 3 aromatic rings. The van der Waals surface area contributed by atoms with Crippen LogP contribution >= 0.6 is 11.6 Å². The SMILES string of the molecule is CCOC(=O)c1nc(NC(=O)c2cc(F)cc(C(F)(F)F)c2)c2n1CC(=O)N[C@@H]2c1cc(F)ccc1Cl. The van der Waals surface area contributed by atoms with Crippen molar-refractivity contribution < 1.29 is 41.1 Å². The molecule has 2 aromatic carbocycles. The van der Waals surface area contributed by atoms with Gasteiger partial charge in [0.25, 0.3) is 5.91 Å². The van der Waals surface area contributed by atoms with Gasteiger partial charge in [-0.25, -0.2) is 18.6 Å². The second kappa shape index (κ2) is 9.81. The number of anilines is 1. The zero-order valence-corrected chi connectivity index (χ0v) is 19.5. The lowest BCUT2D eigenvalue weighted by Crippen LogP contribution is -2.40. The summed E-state index contributed by atoms with van der Waals surface area (Å²) in [5, 5.41) is 4.85. The third-order valence-electron chi connectivity index (χ3n) is 5.33. The number of carbonyl (C=O) groups is 3. The van der Waals surface area contributed by atoms with Crippen molar-refractivity contribution in [1.82, 2.24) is 14.9 Å². The lowest BCUT2D eigenvalue weighted by Gasteiger charge is -2.28. The smallest absolute Gasteiger partial charge is 0.416 e. The second-order valence-corrected chi connectivity index (χ2v) is 8.23. The summed E-state index contributed by atoms with van der Waals surface area (Å²) in [5.74, 6) is -5.56. The van der Waals surface area contributed by atoms with Gasteiger partial charge >= 0.3 is 12.1 Å². The zero-order chi connectivity index (χ0) is 27.1. The van der Waals surface area contributed by atoms with Crippen molar-refractivity contribution in [1.29, 1.82) is 0 Å². The number of nitrogens with one attached hydrogen (secondary N) is 2. The Kier molecular flexibility index (Phi) is 6.91. The van der Waals surface area contributed by atoms with Gasteiger partial charge in [0.15, 0.2) is 5.82 Å². The number of halogens is 6. The highest BCUT2D eigenvalue weighted by atomic mass is 35.5. The minimum absolute atomic E-state index is 0.0243. The second-order valence-electron chi connectivity index (χ2n) is 7.82. The Labute approximate surface area is 210 Å². The molecule has 14 heteroatoms. The number of hydrogen-bond acceptors (Lipinski definition) is 5. The van der Waals surface area contributed by atoms with E-state index in [0.717, 1.165) is 16.7 Å². The molecule has 37 heavy (non-hydrogen) atoms. The minimum Gasteiger partial charge on any atom is -0.460 e. The molecule has 0 fully saturated rings. The van der Waals surface area contributed by atoms with Gasteiger partial charge in [-0.15, -0.1) is 0 Å². The van der Waals surface area contributed by atoms with Gasteiger partial charge in [0, 0.05) is 16.1 Å². The van der Waals surface area contributed by atoms with Gasteiger partial charge < -0.3 is 19.9 Å². The Morgan fingerprint density at radius 3 is 2.59 bits per heavy atom. The Hall–Kier alpha value is -4.00. The van der Waals surface area contributed by atoms with Crippen LogP contribution in [-0.4, -0.2) is 33.9 Å². The van der Waals surface area contributed by atoms with Crippen molar-refractivity contribution in [2.75, 3.05) is 11.9 Å². The highest BCUT2D eigenvalue weighted by Crippen LogP contribution is 2.36. The molecule has 4 rings (SSSR count). The summed E-state index contributed by atoms with van der Waals surface area (Å²) < 4.78 is 73.4. The number of fused-ring (bicyclic) bond motifs is 1. The van der Waals surface area contributed by atoms with Crippen molar-refractivity contribution in [2.45, 2.75) is 25.7 Å². The number of benzene rings is 2. The summed E-state index contributed by atoms with van der Waals surface area (Å²) in [6.45, 7) is 1.01. The van der Waals surface area contributed by atoms with E-state index in [4.69, 9.17) is 16.3 Å². The average molecular weight is 543 g/mol. The van der Waals surface area contributed by atoms with Gasteiger partial charge in [-0.1, -0.05) is 11.6 Å². The molecule has 0 spiro atoms. The van der Waals surface area contributed by atoms with Crippen molar-refractivity contribution in [3.05, 3.63) is 81.3 Å². The van der Waals surface area contributed by atoms with Crippen LogP contribution in [0.5, 0.6) is 0 Å². The van der Waals surface area contributed by atoms with Crippen LogP contribution in [0.3, 0.4) is 0 Å². The first-order valence-electron chi connectivity index (χ1n) is 10.6. The van der Waals surface area contributed by atoms with Gasteiger partial charge in [-0.2, -0.15) is 13.2 Å². The molecule has 0 radical (unpaired) electrons. The molecule has 2 heterocycles. The fourth-order valence-electron chi connectivity index (χ4n) is 3.81. The molecule has 194 valence electrons. The number of hydrogen-bond donors (Lipinski definition) is 2. The Balaban J connectivity index is 1.85. The monoisotopic (exact) mass is 542 g/mol. The van der Waals surface area contributed by atoms with Gasteiger partial charge in [0.1, 0.15) is 18.2 Å². The Bertz CT molecular complexity index is 1420. The Morgan fingerprint density at radius 2 is 1.92 bits per heavy atom. The van der Waals surface area contributed by atoms with E-state index in [1.165, 1.54) is 13.0 Å². The molecule has 0 unspecified atom stereocenters. The molecule has 8 nitrogen and oxygen atoms in total. The standard InChI is InChI=1S/C23H16ClF5N4O4/c1-2-37-22(36)20-31-19(32-21(35)10-5-11(23(27,28)29)7-13(26)6-10)18-17(30-16(34)9-33(18)20)14-8-12(25)3-4-15(14)24/h3-8,17H,2,9H2,1H3,(H,30,34)(H,32,35)/t17-/m1/s1. The van der Waals surface area contributed by atoms with Gasteiger partial charge in [-0.3, -0.25) is 9.59 Å². The van der Waals surface area contributed by atoms with Crippen LogP contribution in [0.15, 0.2) is 36.4 Å².